The molecule has 1 saturated heterocycles. The van der Waals surface area contributed by atoms with Crippen molar-refractivity contribution in [2.75, 3.05) is 26.4 Å². The minimum atomic E-state index is -0.735. The second-order valence-electron chi connectivity index (χ2n) is 7.32. The number of amides is 2. The number of β-amino-alcohol motifs (C(OH)–C–C–N with tert-alkyl or cyclic N) is 1. The van der Waals surface area contributed by atoms with Crippen LogP contribution in [0.2, 0.25) is 0 Å². The molecular formula is C19H24N2O5. The van der Waals surface area contributed by atoms with E-state index in [0.29, 0.717) is 18.0 Å². The number of rotatable bonds is 3. The second-order valence-corrected chi connectivity index (χ2v) is 7.32. The summed E-state index contributed by atoms with van der Waals surface area (Å²) in [6.07, 6.45) is 3.18. The molecule has 1 atom stereocenters. The number of hydrogen-bond acceptors (Lipinski definition) is 5. The molecule has 140 valence electrons. The molecule has 0 aromatic heterocycles. The molecule has 1 N–H and O–H groups in total. The summed E-state index contributed by atoms with van der Waals surface area (Å²) in [5, 5.41) is 10.3. The number of benzene rings is 1. The van der Waals surface area contributed by atoms with Gasteiger partial charge in [0.05, 0.1) is 12.6 Å². The lowest BCUT2D eigenvalue weighted by Crippen LogP contribution is -2.42. The van der Waals surface area contributed by atoms with Crippen molar-refractivity contribution >= 4 is 11.8 Å². The number of ether oxygens (including phenoxy) is 2. The predicted molar refractivity (Wildman–Crippen MR) is 92.5 cm³/mol. The first-order valence-corrected chi connectivity index (χ1v) is 9.23. The number of fused-ring (bicyclic) bond motifs is 1. The van der Waals surface area contributed by atoms with Crippen molar-refractivity contribution in [2.45, 2.75) is 38.3 Å². The summed E-state index contributed by atoms with van der Waals surface area (Å²) in [5.41, 5.74) is 0.908. The van der Waals surface area contributed by atoms with Gasteiger partial charge in [-0.2, -0.15) is 0 Å². The van der Waals surface area contributed by atoms with E-state index in [1.165, 1.54) is 0 Å². The molecule has 4 rings (SSSR count). The third kappa shape index (κ3) is 3.49. The highest BCUT2D eigenvalue weighted by molar-refractivity contribution is 5.86. The van der Waals surface area contributed by atoms with Gasteiger partial charge >= 0.3 is 0 Å². The van der Waals surface area contributed by atoms with Crippen molar-refractivity contribution in [3.8, 4) is 11.5 Å². The molecule has 3 aliphatic rings. The van der Waals surface area contributed by atoms with Crippen LogP contribution in [0.15, 0.2) is 18.2 Å². The number of aliphatic hydroxyl groups excluding tert-OH is 1. The maximum absolute atomic E-state index is 12.7. The van der Waals surface area contributed by atoms with E-state index < -0.39 is 6.10 Å². The molecule has 2 amide bonds. The lowest BCUT2D eigenvalue weighted by Gasteiger charge is -2.24. The fourth-order valence-corrected chi connectivity index (χ4v) is 4.01. The third-order valence-electron chi connectivity index (χ3n) is 5.37. The highest BCUT2D eigenvalue weighted by Crippen LogP contribution is 2.33. The molecule has 1 aromatic rings. The van der Waals surface area contributed by atoms with Crippen LogP contribution in [-0.4, -0.2) is 59.3 Å². The van der Waals surface area contributed by atoms with E-state index in [-0.39, 0.29) is 44.2 Å². The standard InChI is InChI=1S/C19H24N2O5/c22-15-9-20(8-13-5-6-16-17(7-13)26-12-25-16)18(23)11-21(10-15)19(24)14-3-1-2-4-14/h5-7,14-15,22H,1-4,8-12H2. The summed E-state index contributed by atoms with van der Waals surface area (Å²) >= 11 is 0. The van der Waals surface area contributed by atoms with Crippen molar-refractivity contribution in [3.05, 3.63) is 23.8 Å². The largest absolute Gasteiger partial charge is 0.454 e. The van der Waals surface area contributed by atoms with Crippen LogP contribution < -0.4 is 9.47 Å². The minimum absolute atomic E-state index is 0.00964. The van der Waals surface area contributed by atoms with E-state index in [1.807, 2.05) is 18.2 Å². The van der Waals surface area contributed by atoms with Crippen molar-refractivity contribution in [3.63, 3.8) is 0 Å². The predicted octanol–water partition coefficient (Wildman–Crippen LogP) is 1.14. The van der Waals surface area contributed by atoms with E-state index in [1.54, 1.807) is 9.80 Å². The number of nitrogens with zero attached hydrogens (tertiary/aromatic N) is 2. The Morgan fingerprint density at radius 1 is 1.15 bits per heavy atom. The third-order valence-corrected chi connectivity index (χ3v) is 5.37. The Bertz CT molecular complexity index is 701. The highest BCUT2D eigenvalue weighted by Gasteiger charge is 2.33. The maximum atomic E-state index is 12.7. The van der Waals surface area contributed by atoms with Crippen LogP contribution >= 0.6 is 0 Å². The average Bonchev–Trinajstić information content (AvgIpc) is 3.28. The molecule has 0 bridgehead atoms. The fraction of sp³-hybridized carbons (Fsp3) is 0.579. The molecule has 2 fully saturated rings. The van der Waals surface area contributed by atoms with Gasteiger partial charge in [0.2, 0.25) is 18.6 Å². The molecular weight excluding hydrogens is 336 g/mol. The Morgan fingerprint density at radius 3 is 2.73 bits per heavy atom. The highest BCUT2D eigenvalue weighted by atomic mass is 16.7. The van der Waals surface area contributed by atoms with Gasteiger partial charge in [-0.05, 0) is 30.5 Å². The molecule has 1 unspecified atom stereocenters. The van der Waals surface area contributed by atoms with E-state index in [9.17, 15) is 14.7 Å². The monoisotopic (exact) mass is 360 g/mol. The molecule has 0 radical (unpaired) electrons. The van der Waals surface area contributed by atoms with Crippen LogP contribution in [0.3, 0.4) is 0 Å². The molecule has 1 saturated carbocycles. The molecule has 7 heteroatoms. The number of carbonyl (C=O) groups is 2. The summed E-state index contributed by atoms with van der Waals surface area (Å²) in [6, 6.07) is 5.57. The molecule has 0 spiro atoms. The lowest BCUT2D eigenvalue weighted by atomic mass is 10.1. The van der Waals surface area contributed by atoms with Gasteiger partial charge in [0.1, 0.15) is 0 Å². The van der Waals surface area contributed by atoms with E-state index in [2.05, 4.69) is 0 Å². The first-order chi connectivity index (χ1) is 12.6. The van der Waals surface area contributed by atoms with Gasteiger partial charge in [0.25, 0.3) is 0 Å². The van der Waals surface area contributed by atoms with Crippen molar-refractivity contribution in [1.29, 1.82) is 0 Å². The van der Waals surface area contributed by atoms with Crippen molar-refractivity contribution in [1.82, 2.24) is 9.80 Å². The normalized spacial score (nSPS) is 23.4. The zero-order valence-corrected chi connectivity index (χ0v) is 14.7. The van der Waals surface area contributed by atoms with E-state index in [4.69, 9.17) is 9.47 Å². The molecule has 1 aromatic carbocycles. The Kier molecular flexibility index (Phi) is 4.72. The maximum Gasteiger partial charge on any atom is 0.242 e. The second kappa shape index (κ2) is 7.15. The van der Waals surface area contributed by atoms with Gasteiger partial charge in [-0.1, -0.05) is 18.9 Å². The van der Waals surface area contributed by atoms with Gasteiger partial charge < -0.3 is 24.4 Å². The van der Waals surface area contributed by atoms with Crippen LogP contribution in [0.25, 0.3) is 0 Å². The zero-order valence-electron chi connectivity index (χ0n) is 14.7. The van der Waals surface area contributed by atoms with E-state index >= 15 is 0 Å². The Morgan fingerprint density at radius 2 is 1.92 bits per heavy atom. The first-order valence-electron chi connectivity index (χ1n) is 9.23. The van der Waals surface area contributed by atoms with Gasteiger partial charge in [-0.3, -0.25) is 9.59 Å². The average molecular weight is 360 g/mol. The number of carbonyl (C=O) groups excluding carboxylic acids is 2. The molecule has 26 heavy (non-hydrogen) atoms. The first kappa shape index (κ1) is 17.1. The topological polar surface area (TPSA) is 79.3 Å². The van der Waals surface area contributed by atoms with Crippen LogP contribution in [0.4, 0.5) is 0 Å². The van der Waals surface area contributed by atoms with Gasteiger partial charge in [0.15, 0.2) is 11.5 Å². The molecule has 2 aliphatic heterocycles. The molecule has 7 nitrogen and oxygen atoms in total. The Hall–Kier alpha value is -2.28. The number of hydrogen-bond donors (Lipinski definition) is 1. The number of aliphatic hydroxyl groups is 1. The summed E-state index contributed by atoms with van der Waals surface area (Å²) in [7, 11) is 0. The minimum Gasteiger partial charge on any atom is -0.454 e. The van der Waals surface area contributed by atoms with Gasteiger partial charge in [-0.15, -0.1) is 0 Å². The Balaban J connectivity index is 1.44. The SMILES string of the molecule is O=C1CN(C(=O)C2CCCC2)CC(O)CN1Cc1ccc2c(c1)OCO2. The van der Waals surface area contributed by atoms with Gasteiger partial charge in [0, 0.05) is 25.6 Å². The van der Waals surface area contributed by atoms with Crippen LogP contribution in [0, 0.1) is 5.92 Å². The zero-order chi connectivity index (χ0) is 18.1. The summed E-state index contributed by atoms with van der Waals surface area (Å²) in [6.45, 7) is 1.06. The lowest BCUT2D eigenvalue weighted by molar-refractivity contribution is -0.141. The smallest absolute Gasteiger partial charge is 0.242 e. The summed E-state index contributed by atoms with van der Waals surface area (Å²) < 4.78 is 10.7. The van der Waals surface area contributed by atoms with Crippen LogP contribution in [0.1, 0.15) is 31.2 Å². The summed E-state index contributed by atoms with van der Waals surface area (Å²) in [5.74, 6) is 1.26. The van der Waals surface area contributed by atoms with Crippen LogP contribution in [-0.2, 0) is 16.1 Å². The van der Waals surface area contributed by atoms with Crippen LogP contribution in [0.5, 0.6) is 11.5 Å². The van der Waals surface area contributed by atoms with Crippen molar-refractivity contribution < 1.29 is 24.2 Å². The summed E-state index contributed by atoms with van der Waals surface area (Å²) in [4.78, 5) is 28.5. The molecule has 1 aliphatic carbocycles. The van der Waals surface area contributed by atoms with Gasteiger partial charge in [-0.25, -0.2) is 0 Å². The quantitative estimate of drug-likeness (QED) is 0.874. The fourth-order valence-electron chi connectivity index (χ4n) is 4.01. The van der Waals surface area contributed by atoms with Crippen molar-refractivity contribution in [2.24, 2.45) is 5.92 Å². The van der Waals surface area contributed by atoms with E-state index in [0.717, 1.165) is 31.2 Å². The molecule has 2 heterocycles. The Labute approximate surface area is 152 Å².